The van der Waals surface area contributed by atoms with Crippen molar-refractivity contribution in [2.24, 2.45) is 0 Å². The van der Waals surface area contributed by atoms with E-state index in [-0.39, 0.29) is 12.0 Å². The van der Waals surface area contributed by atoms with Crippen LogP contribution in [0, 0.1) is 0 Å². The number of carbonyl (C=O) groups excluding carboxylic acids is 1. The number of amides is 1. The topological polar surface area (TPSA) is 34.5 Å². The Labute approximate surface area is 115 Å². The second-order valence-corrected chi connectivity index (χ2v) is 6.03. The van der Waals surface area contributed by atoms with Crippen LogP contribution >= 0.6 is 15.9 Å². The van der Waals surface area contributed by atoms with Gasteiger partial charge >= 0.3 is 0 Å². The molecule has 1 aliphatic heterocycles. The Morgan fingerprint density at radius 2 is 2.28 bits per heavy atom. The highest BCUT2D eigenvalue weighted by Crippen LogP contribution is 2.37. The van der Waals surface area contributed by atoms with E-state index in [2.05, 4.69) is 20.5 Å². The first-order chi connectivity index (χ1) is 8.65. The molecule has 1 saturated carbocycles. The average Bonchev–Trinajstić information content (AvgIpc) is 3.12. The van der Waals surface area contributed by atoms with Crippen LogP contribution in [0.1, 0.15) is 36.3 Å². The van der Waals surface area contributed by atoms with Crippen molar-refractivity contribution in [3.05, 3.63) is 22.4 Å². The lowest BCUT2D eigenvalue weighted by Crippen LogP contribution is -2.45. The summed E-state index contributed by atoms with van der Waals surface area (Å²) in [7, 11) is 0. The van der Waals surface area contributed by atoms with Gasteiger partial charge in [-0.15, -0.1) is 0 Å². The molecule has 0 aromatic carbocycles. The van der Waals surface area contributed by atoms with E-state index >= 15 is 0 Å². The van der Waals surface area contributed by atoms with E-state index in [1.54, 1.807) is 0 Å². The lowest BCUT2D eigenvalue weighted by molar-refractivity contribution is -0.0128. The molecule has 1 aliphatic carbocycles. The van der Waals surface area contributed by atoms with Crippen LogP contribution in [0.5, 0.6) is 0 Å². The van der Waals surface area contributed by atoms with Crippen molar-refractivity contribution < 1.29 is 9.53 Å². The van der Waals surface area contributed by atoms with Crippen molar-refractivity contribution in [2.75, 3.05) is 19.7 Å². The van der Waals surface area contributed by atoms with Crippen LogP contribution in [0.4, 0.5) is 0 Å². The van der Waals surface area contributed by atoms with Crippen molar-refractivity contribution in [2.45, 2.75) is 31.9 Å². The molecule has 0 radical (unpaired) electrons. The zero-order valence-electron chi connectivity index (χ0n) is 10.4. The van der Waals surface area contributed by atoms with Crippen molar-refractivity contribution in [3.8, 4) is 0 Å². The standard InChI is InChI=1S/C13H17BrN2O2/c1-9-7-15(4-5-18-9)13(17)12-6-10(14)8-16(12)11-2-3-11/h6,8-9,11H,2-5,7H2,1H3. The van der Waals surface area contributed by atoms with Gasteiger partial charge in [0.2, 0.25) is 0 Å². The summed E-state index contributed by atoms with van der Waals surface area (Å²) in [5.74, 6) is 0.128. The lowest BCUT2D eigenvalue weighted by atomic mass is 10.2. The van der Waals surface area contributed by atoms with Gasteiger partial charge in [-0.3, -0.25) is 4.79 Å². The average molecular weight is 313 g/mol. The summed E-state index contributed by atoms with van der Waals surface area (Å²) in [6, 6.07) is 2.45. The van der Waals surface area contributed by atoms with Crippen molar-refractivity contribution in [1.82, 2.24) is 9.47 Å². The van der Waals surface area contributed by atoms with Crippen LogP contribution in [0.25, 0.3) is 0 Å². The Balaban J connectivity index is 1.82. The summed E-state index contributed by atoms with van der Waals surface area (Å²) in [4.78, 5) is 14.4. The number of halogens is 1. The Bertz CT molecular complexity index is 468. The smallest absolute Gasteiger partial charge is 0.270 e. The Hall–Kier alpha value is -0.810. The van der Waals surface area contributed by atoms with Crippen LogP contribution in [-0.2, 0) is 4.74 Å². The van der Waals surface area contributed by atoms with Crippen LogP contribution in [0.3, 0.4) is 0 Å². The van der Waals surface area contributed by atoms with Crippen LogP contribution in [0.2, 0.25) is 0 Å². The van der Waals surface area contributed by atoms with Crippen LogP contribution in [0.15, 0.2) is 16.7 Å². The van der Waals surface area contributed by atoms with Gasteiger partial charge in [-0.25, -0.2) is 0 Å². The molecule has 18 heavy (non-hydrogen) atoms. The fraction of sp³-hybridized carbons (Fsp3) is 0.615. The van der Waals surface area contributed by atoms with E-state index in [4.69, 9.17) is 4.74 Å². The third-order valence-electron chi connectivity index (χ3n) is 3.50. The number of aromatic nitrogens is 1. The molecule has 3 rings (SSSR count). The van der Waals surface area contributed by atoms with Gasteiger partial charge in [0.05, 0.1) is 12.7 Å². The van der Waals surface area contributed by atoms with Crippen molar-refractivity contribution in [1.29, 1.82) is 0 Å². The molecule has 1 unspecified atom stereocenters. The molecule has 0 bridgehead atoms. The first kappa shape index (κ1) is 12.2. The summed E-state index contributed by atoms with van der Waals surface area (Å²) in [5, 5.41) is 0. The summed E-state index contributed by atoms with van der Waals surface area (Å²) in [5.41, 5.74) is 0.804. The van der Waals surface area contributed by atoms with E-state index in [9.17, 15) is 4.79 Å². The van der Waals surface area contributed by atoms with Gasteiger partial charge in [-0.2, -0.15) is 0 Å². The van der Waals surface area contributed by atoms with Crippen molar-refractivity contribution in [3.63, 3.8) is 0 Å². The van der Waals surface area contributed by atoms with Gasteiger partial charge in [0, 0.05) is 29.8 Å². The normalized spacial score (nSPS) is 24.3. The minimum absolute atomic E-state index is 0.128. The quantitative estimate of drug-likeness (QED) is 0.840. The van der Waals surface area contributed by atoms with E-state index in [1.165, 1.54) is 12.8 Å². The molecule has 2 aliphatic rings. The molecular weight excluding hydrogens is 296 g/mol. The second-order valence-electron chi connectivity index (χ2n) is 5.11. The van der Waals surface area contributed by atoms with Gasteiger partial charge in [-0.1, -0.05) is 0 Å². The fourth-order valence-electron chi connectivity index (χ4n) is 2.44. The minimum atomic E-state index is 0.128. The number of ether oxygens (including phenoxy) is 1. The third-order valence-corrected chi connectivity index (χ3v) is 3.94. The predicted octanol–water partition coefficient (Wildman–Crippen LogP) is 2.45. The maximum atomic E-state index is 12.5. The number of nitrogens with zero attached hydrogens (tertiary/aromatic N) is 2. The molecule has 1 amide bonds. The van der Waals surface area contributed by atoms with Crippen LogP contribution in [-0.4, -0.2) is 41.2 Å². The van der Waals surface area contributed by atoms with Crippen molar-refractivity contribution >= 4 is 21.8 Å². The molecule has 0 spiro atoms. The highest BCUT2D eigenvalue weighted by molar-refractivity contribution is 9.10. The maximum Gasteiger partial charge on any atom is 0.270 e. The summed E-state index contributed by atoms with van der Waals surface area (Å²) in [6.07, 6.45) is 4.52. The lowest BCUT2D eigenvalue weighted by Gasteiger charge is -2.31. The van der Waals surface area contributed by atoms with E-state index in [0.29, 0.717) is 25.7 Å². The number of morpholine rings is 1. The number of hydrogen-bond donors (Lipinski definition) is 0. The largest absolute Gasteiger partial charge is 0.375 e. The molecule has 1 atom stereocenters. The third kappa shape index (κ3) is 2.34. The fourth-order valence-corrected chi connectivity index (χ4v) is 2.87. The maximum absolute atomic E-state index is 12.5. The molecule has 0 N–H and O–H groups in total. The van der Waals surface area contributed by atoms with Gasteiger partial charge in [0.25, 0.3) is 5.91 Å². The molecular formula is C13H17BrN2O2. The first-order valence-corrected chi connectivity index (χ1v) is 7.22. The van der Waals surface area contributed by atoms with E-state index in [1.807, 2.05) is 24.1 Å². The minimum Gasteiger partial charge on any atom is -0.375 e. The monoisotopic (exact) mass is 312 g/mol. The highest BCUT2D eigenvalue weighted by Gasteiger charge is 2.30. The summed E-state index contributed by atoms with van der Waals surface area (Å²) in [6.45, 7) is 4.02. The van der Waals surface area contributed by atoms with E-state index < -0.39 is 0 Å². The zero-order chi connectivity index (χ0) is 12.7. The number of carbonyl (C=O) groups is 1. The molecule has 4 nitrogen and oxygen atoms in total. The molecule has 1 saturated heterocycles. The summed E-state index contributed by atoms with van der Waals surface area (Å²) >= 11 is 3.47. The number of rotatable bonds is 2. The molecule has 2 heterocycles. The Kier molecular flexibility index (Phi) is 3.20. The molecule has 1 aromatic rings. The summed E-state index contributed by atoms with van der Waals surface area (Å²) < 4.78 is 8.58. The van der Waals surface area contributed by atoms with Crippen LogP contribution < -0.4 is 0 Å². The van der Waals surface area contributed by atoms with E-state index in [0.717, 1.165) is 10.2 Å². The van der Waals surface area contributed by atoms with Gasteiger partial charge < -0.3 is 14.2 Å². The molecule has 2 fully saturated rings. The molecule has 98 valence electrons. The predicted molar refractivity (Wildman–Crippen MR) is 71.7 cm³/mol. The Morgan fingerprint density at radius 3 is 2.94 bits per heavy atom. The molecule has 5 heteroatoms. The highest BCUT2D eigenvalue weighted by atomic mass is 79.9. The SMILES string of the molecule is CC1CN(C(=O)c2cc(Br)cn2C2CC2)CCO1. The van der Waals surface area contributed by atoms with Gasteiger partial charge in [-0.05, 0) is 41.8 Å². The molecule has 1 aromatic heterocycles. The first-order valence-electron chi connectivity index (χ1n) is 6.43. The van der Waals surface area contributed by atoms with Gasteiger partial charge in [0.1, 0.15) is 5.69 Å². The zero-order valence-corrected chi connectivity index (χ0v) is 12.0. The Morgan fingerprint density at radius 1 is 1.50 bits per heavy atom. The number of hydrogen-bond acceptors (Lipinski definition) is 2. The van der Waals surface area contributed by atoms with Gasteiger partial charge in [0.15, 0.2) is 0 Å². The second kappa shape index (κ2) is 4.70.